The van der Waals surface area contributed by atoms with E-state index in [0.717, 1.165) is 81.8 Å². The van der Waals surface area contributed by atoms with Crippen LogP contribution in [-0.4, -0.2) is 67.3 Å². The molecule has 1 aromatic carbocycles. The first-order valence-corrected chi connectivity index (χ1v) is 15.3. The number of allylic oxidation sites excluding steroid dienone is 1. The highest BCUT2D eigenvalue weighted by molar-refractivity contribution is 5.85. The van der Waals surface area contributed by atoms with Crippen molar-refractivity contribution in [1.29, 1.82) is 0 Å². The Bertz CT molecular complexity index is 1040. The predicted octanol–water partition coefficient (Wildman–Crippen LogP) is 5.83. The number of nitrogens with zero attached hydrogens (tertiary/aromatic N) is 2. The van der Waals surface area contributed by atoms with Crippen LogP contribution in [-0.2, 0) is 16.0 Å². The van der Waals surface area contributed by atoms with Crippen molar-refractivity contribution >= 4 is 11.5 Å². The van der Waals surface area contributed by atoms with E-state index in [9.17, 15) is 4.79 Å². The largest absolute Gasteiger partial charge is 0.481 e. The summed E-state index contributed by atoms with van der Waals surface area (Å²) in [4.78, 5) is 18.1. The number of hydrogen-bond acceptors (Lipinski definition) is 6. The summed E-state index contributed by atoms with van der Waals surface area (Å²) < 4.78 is 18.4. The Labute approximate surface area is 228 Å². The first kappa shape index (κ1) is 26.2. The smallest absolute Gasteiger partial charge is 0.311 e. The lowest BCUT2D eigenvalue weighted by Gasteiger charge is -2.51. The monoisotopic (exact) mass is 522 g/mol. The molecule has 0 N–H and O–H groups in total. The van der Waals surface area contributed by atoms with E-state index in [1.54, 1.807) is 0 Å². The lowest BCUT2D eigenvalue weighted by molar-refractivity contribution is -0.134. The van der Waals surface area contributed by atoms with Crippen molar-refractivity contribution in [2.75, 3.05) is 45.9 Å². The fourth-order valence-corrected chi connectivity index (χ4v) is 7.61. The Balaban J connectivity index is 1.25. The maximum Gasteiger partial charge on any atom is 0.311 e. The molecule has 5 aliphatic heterocycles. The van der Waals surface area contributed by atoms with Crippen molar-refractivity contribution < 1.29 is 19.0 Å². The second-order valence-corrected chi connectivity index (χ2v) is 12.7. The molecule has 6 nitrogen and oxygen atoms in total. The highest BCUT2D eigenvalue weighted by Gasteiger charge is 2.47. The van der Waals surface area contributed by atoms with E-state index in [-0.39, 0.29) is 11.6 Å². The minimum Gasteiger partial charge on any atom is -0.481 e. The van der Waals surface area contributed by atoms with E-state index >= 15 is 0 Å². The molecular weight excluding hydrogens is 476 g/mol. The Hall–Kier alpha value is -2.05. The van der Waals surface area contributed by atoms with E-state index in [1.807, 2.05) is 0 Å². The van der Waals surface area contributed by atoms with Gasteiger partial charge in [0.15, 0.2) is 0 Å². The van der Waals surface area contributed by atoms with Gasteiger partial charge in [0.05, 0.1) is 24.5 Å². The minimum atomic E-state index is -0.372. The molecule has 0 aromatic heterocycles. The number of aryl methyl sites for hydroxylation is 1. The Morgan fingerprint density at radius 3 is 2.55 bits per heavy atom. The number of carbonyl (C=O) groups is 1. The average Bonchev–Trinajstić information content (AvgIpc) is 2.93. The highest BCUT2D eigenvalue weighted by atomic mass is 16.5. The molecule has 0 spiro atoms. The van der Waals surface area contributed by atoms with Gasteiger partial charge < -0.3 is 19.1 Å². The number of esters is 1. The second-order valence-electron chi connectivity index (χ2n) is 12.7. The summed E-state index contributed by atoms with van der Waals surface area (Å²) >= 11 is 0. The maximum absolute atomic E-state index is 13.2. The van der Waals surface area contributed by atoms with Crippen molar-refractivity contribution in [3.8, 4) is 11.5 Å². The lowest BCUT2D eigenvalue weighted by Crippen LogP contribution is -2.51. The van der Waals surface area contributed by atoms with Crippen LogP contribution in [0.4, 0.5) is 0 Å². The third-order valence-corrected chi connectivity index (χ3v) is 9.55. The third kappa shape index (κ3) is 5.49. The van der Waals surface area contributed by atoms with Gasteiger partial charge in [-0.3, -0.25) is 9.69 Å². The zero-order valence-electron chi connectivity index (χ0n) is 23.6. The average molecular weight is 523 g/mol. The minimum absolute atomic E-state index is 0.127. The van der Waals surface area contributed by atoms with Crippen molar-refractivity contribution in [1.82, 2.24) is 9.80 Å². The van der Waals surface area contributed by atoms with Crippen molar-refractivity contribution in [2.45, 2.75) is 90.1 Å². The lowest BCUT2D eigenvalue weighted by atomic mass is 9.74. The molecular formula is C32H46N2O4. The molecule has 0 amide bonds. The van der Waals surface area contributed by atoms with Crippen LogP contribution in [0, 0.1) is 11.8 Å². The molecule has 2 saturated heterocycles. The molecule has 208 valence electrons. The van der Waals surface area contributed by atoms with Crippen molar-refractivity contribution in [3.05, 3.63) is 29.0 Å². The molecule has 6 aliphatic rings. The molecule has 6 heteroatoms. The third-order valence-electron chi connectivity index (χ3n) is 9.55. The van der Waals surface area contributed by atoms with Gasteiger partial charge in [-0.25, -0.2) is 0 Å². The highest BCUT2D eigenvalue weighted by Crippen LogP contribution is 2.54. The van der Waals surface area contributed by atoms with Crippen LogP contribution in [0.1, 0.15) is 89.2 Å². The van der Waals surface area contributed by atoms with Gasteiger partial charge in [0.25, 0.3) is 0 Å². The molecule has 0 unspecified atom stereocenters. The summed E-state index contributed by atoms with van der Waals surface area (Å²) in [5, 5.41) is 0. The van der Waals surface area contributed by atoms with Gasteiger partial charge in [0.1, 0.15) is 17.1 Å². The zero-order valence-corrected chi connectivity index (χ0v) is 23.6. The zero-order chi connectivity index (χ0) is 26.1. The van der Waals surface area contributed by atoms with Crippen LogP contribution < -0.4 is 9.47 Å². The number of piperidine rings is 1. The number of fused-ring (bicyclic) bond motifs is 3. The summed E-state index contributed by atoms with van der Waals surface area (Å²) in [6, 6.07) is 4.43. The van der Waals surface area contributed by atoms with Gasteiger partial charge in [-0.05, 0) is 87.6 Å². The molecule has 1 saturated carbocycles. The number of rotatable bonds is 8. The van der Waals surface area contributed by atoms with Gasteiger partial charge in [0, 0.05) is 32.6 Å². The SMILES string of the molecule is CC1(C)Oc2cc(CCC3CCCCC3)cc(OC(=O)CCCN3CCOCC3)c2C2=C1N1CCC2CC1. The standard InChI is InChI=1S/C32H46N2O4/c1-32(2)31-29(25-12-15-34(31)16-13-25)30-26(37-28(35)9-6-14-33-17-19-36-20-18-33)21-24(22-27(30)38-32)11-10-23-7-4-3-5-8-23/h21-23,25H,3-20H2,1-2H3. The van der Waals surface area contributed by atoms with Crippen molar-refractivity contribution in [2.24, 2.45) is 11.8 Å². The van der Waals surface area contributed by atoms with Gasteiger partial charge in [-0.15, -0.1) is 0 Å². The molecule has 1 aliphatic carbocycles. The summed E-state index contributed by atoms with van der Waals surface area (Å²) in [6.07, 6.45) is 12.7. The fourth-order valence-electron chi connectivity index (χ4n) is 7.61. The van der Waals surface area contributed by atoms with Gasteiger partial charge >= 0.3 is 5.97 Å². The normalized spacial score (nSPS) is 23.7. The Kier molecular flexibility index (Phi) is 7.72. The van der Waals surface area contributed by atoms with Crippen LogP contribution in [0.5, 0.6) is 11.5 Å². The molecule has 0 radical (unpaired) electrons. The van der Waals surface area contributed by atoms with Crippen LogP contribution in [0.3, 0.4) is 0 Å². The van der Waals surface area contributed by atoms with Crippen LogP contribution in [0.15, 0.2) is 17.8 Å². The summed E-state index contributed by atoms with van der Waals surface area (Å²) in [7, 11) is 0. The fraction of sp³-hybridized carbons (Fsp3) is 0.719. The van der Waals surface area contributed by atoms with Gasteiger partial charge in [-0.1, -0.05) is 32.1 Å². The summed E-state index contributed by atoms with van der Waals surface area (Å²) in [5.74, 6) is 2.86. The maximum atomic E-state index is 13.2. The summed E-state index contributed by atoms with van der Waals surface area (Å²) in [6.45, 7) is 11.0. The topological polar surface area (TPSA) is 51.2 Å². The second kappa shape index (κ2) is 11.2. The summed E-state index contributed by atoms with van der Waals surface area (Å²) in [5.41, 5.74) is 4.61. The van der Waals surface area contributed by atoms with E-state index in [1.165, 1.54) is 68.2 Å². The number of hydrogen-bond donors (Lipinski definition) is 0. The first-order chi connectivity index (χ1) is 18.5. The van der Waals surface area contributed by atoms with Gasteiger partial charge in [-0.2, -0.15) is 0 Å². The van der Waals surface area contributed by atoms with E-state index in [4.69, 9.17) is 14.2 Å². The Morgan fingerprint density at radius 2 is 1.79 bits per heavy atom. The molecule has 0 atom stereocenters. The van der Waals surface area contributed by atoms with Crippen molar-refractivity contribution in [3.63, 3.8) is 0 Å². The number of morpholine rings is 1. The Morgan fingerprint density at radius 1 is 1.03 bits per heavy atom. The molecule has 3 fully saturated rings. The van der Waals surface area contributed by atoms with E-state index in [2.05, 4.69) is 35.8 Å². The number of benzene rings is 1. The molecule has 1 aromatic rings. The molecule has 7 rings (SSSR count). The van der Waals surface area contributed by atoms with E-state index in [0.29, 0.717) is 12.3 Å². The molecule has 2 bridgehead atoms. The van der Waals surface area contributed by atoms with Crippen LogP contribution in [0.25, 0.3) is 5.57 Å². The van der Waals surface area contributed by atoms with Gasteiger partial charge in [0.2, 0.25) is 0 Å². The van der Waals surface area contributed by atoms with Crippen LogP contribution in [0.2, 0.25) is 0 Å². The number of carbonyl (C=O) groups excluding carboxylic acids is 1. The first-order valence-electron chi connectivity index (χ1n) is 15.3. The quantitative estimate of drug-likeness (QED) is 0.317. The molecule has 38 heavy (non-hydrogen) atoms. The molecule has 5 heterocycles. The number of ether oxygens (including phenoxy) is 3. The predicted molar refractivity (Wildman–Crippen MR) is 149 cm³/mol. The van der Waals surface area contributed by atoms with E-state index < -0.39 is 0 Å². The van der Waals surface area contributed by atoms with Crippen LogP contribution >= 0.6 is 0 Å².